The number of nitrogens with one attached hydrogen (secondary N) is 2. The zero-order valence-electron chi connectivity index (χ0n) is 14.2. The molecule has 25 heavy (non-hydrogen) atoms. The topological polar surface area (TPSA) is 63.4 Å². The van der Waals surface area contributed by atoms with Gasteiger partial charge in [0.25, 0.3) is 0 Å². The molecule has 0 radical (unpaired) electrons. The lowest BCUT2D eigenvalue weighted by molar-refractivity contribution is -0.143. The molecule has 2 N–H and O–H groups in total. The Kier molecular flexibility index (Phi) is 3.93. The van der Waals surface area contributed by atoms with Gasteiger partial charge in [0.1, 0.15) is 11.8 Å². The SMILES string of the molecule is COC(=O)C1Cc2c([nH]c3ccccc23)C(c2cccc(OC)c2)N1. The maximum absolute atomic E-state index is 12.2. The normalized spacial score (nSPS) is 19.4. The number of H-pyrrole nitrogens is 1. The van der Waals surface area contributed by atoms with Crippen LogP contribution in [0.2, 0.25) is 0 Å². The van der Waals surface area contributed by atoms with Crippen LogP contribution in [0.5, 0.6) is 5.75 Å². The average Bonchev–Trinajstić information content (AvgIpc) is 3.05. The Morgan fingerprint density at radius 1 is 1.12 bits per heavy atom. The lowest BCUT2D eigenvalue weighted by Gasteiger charge is -2.30. The standard InChI is InChI=1S/C20H20N2O3/c1-24-13-7-5-6-12(10-13)18-19-15(11-17(22-18)20(23)25-2)14-8-3-4-9-16(14)21-19/h3-10,17-18,21-22H,11H2,1-2H3. The van der Waals surface area contributed by atoms with Crippen molar-refractivity contribution in [1.29, 1.82) is 0 Å². The van der Waals surface area contributed by atoms with Crippen molar-refractivity contribution in [3.63, 3.8) is 0 Å². The summed E-state index contributed by atoms with van der Waals surface area (Å²) < 4.78 is 10.3. The predicted octanol–water partition coefficient (Wildman–Crippen LogP) is 2.95. The molecule has 1 aromatic heterocycles. The van der Waals surface area contributed by atoms with Gasteiger partial charge in [-0.1, -0.05) is 30.3 Å². The summed E-state index contributed by atoms with van der Waals surface area (Å²) in [7, 11) is 3.08. The van der Waals surface area contributed by atoms with Gasteiger partial charge >= 0.3 is 5.97 Å². The molecule has 5 nitrogen and oxygen atoms in total. The van der Waals surface area contributed by atoms with Crippen molar-refractivity contribution in [2.24, 2.45) is 0 Å². The fourth-order valence-corrected chi connectivity index (χ4v) is 3.61. The molecular formula is C20H20N2O3. The highest BCUT2D eigenvalue weighted by Gasteiger charge is 2.34. The third-order valence-corrected chi connectivity index (χ3v) is 4.82. The third-order valence-electron chi connectivity index (χ3n) is 4.82. The first-order valence-electron chi connectivity index (χ1n) is 8.28. The molecule has 5 heteroatoms. The molecule has 0 spiro atoms. The number of esters is 1. The van der Waals surface area contributed by atoms with Crippen molar-refractivity contribution < 1.29 is 14.3 Å². The van der Waals surface area contributed by atoms with Crippen molar-refractivity contribution in [3.8, 4) is 5.75 Å². The molecule has 1 aliphatic heterocycles. The minimum Gasteiger partial charge on any atom is -0.497 e. The number of fused-ring (bicyclic) bond motifs is 3. The van der Waals surface area contributed by atoms with Crippen molar-refractivity contribution in [2.75, 3.05) is 14.2 Å². The predicted molar refractivity (Wildman–Crippen MR) is 95.8 cm³/mol. The van der Waals surface area contributed by atoms with Gasteiger partial charge in [0.05, 0.1) is 20.3 Å². The van der Waals surface area contributed by atoms with E-state index in [0.717, 1.165) is 33.5 Å². The van der Waals surface area contributed by atoms with E-state index in [1.54, 1.807) is 7.11 Å². The highest BCUT2D eigenvalue weighted by molar-refractivity contribution is 5.87. The summed E-state index contributed by atoms with van der Waals surface area (Å²) in [5, 5.41) is 4.58. The second kappa shape index (κ2) is 6.26. The summed E-state index contributed by atoms with van der Waals surface area (Å²) >= 11 is 0. The first-order valence-corrected chi connectivity index (χ1v) is 8.28. The molecule has 0 bridgehead atoms. The molecule has 2 atom stereocenters. The Morgan fingerprint density at radius 3 is 2.76 bits per heavy atom. The van der Waals surface area contributed by atoms with Gasteiger partial charge in [-0.3, -0.25) is 10.1 Å². The zero-order valence-corrected chi connectivity index (χ0v) is 14.2. The highest BCUT2D eigenvalue weighted by Crippen LogP contribution is 2.36. The van der Waals surface area contributed by atoms with E-state index in [-0.39, 0.29) is 18.1 Å². The molecule has 0 fully saturated rings. The van der Waals surface area contributed by atoms with Crippen molar-refractivity contribution >= 4 is 16.9 Å². The van der Waals surface area contributed by atoms with Crippen LogP contribution in [-0.4, -0.2) is 31.2 Å². The number of hydrogen-bond donors (Lipinski definition) is 2. The molecular weight excluding hydrogens is 316 g/mol. The van der Waals surface area contributed by atoms with E-state index in [1.807, 2.05) is 36.4 Å². The van der Waals surface area contributed by atoms with E-state index in [4.69, 9.17) is 9.47 Å². The number of rotatable bonds is 3. The van der Waals surface area contributed by atoms with Crippen LogP contribution in [0.3, 0.4) is 0 Å². The van der Waals surface area contributed by atoms with Crippen LogP contribution in [0.25, 0.3) is 10.9 Å². The number of hydrogen-bond acceptors (Lipinski definition) is 4. The molecule has 1 aliphatic rings. The smallest absolute Gasteiger partial charge is 0.323 e. The quantitative estimate of drug-likeness (QED) is 0.722. The Bertz CT molecular complexity index is 932. The van der Waals surface area contributed by atoms with E-state index in [2.05, 4.69) is 22.4 Å². The van der Waals surface area contributed by atoms with Gasteiger partial charge in [-0.15, -0.1) is 0 Å². The van der Waals surface area contributed by atoms with Gasteiger partial charge in [0.2, 0.25) is 0 Å². The molecule has 3 aromatic rings. The molecule has 0 aliphatic carbocycles. The second-order valence-electron chi connectivity index (χ2n) is 6.22. The zero-order chi connectivity index (χ0) is 17.4. The van der Waals surface area contributed by atoms with Gasteiger partial charge in [-0.05, 0) is 29.3 Å². The van der Waals surface area contributed by atoms with Gasteiger partial charge in [-0.2, -0.15) is 0 Å². The number of methoxy groups -OCH3 is 2. The van der Waals surface area contributed by atoms with Gasteiger partial charge in [-0.25, -0.2) is 0 Å². The van der Waals surface area contributed by atoms with Crippen LogP contribution in [-0.2, 0) is 16.0 Å². The lowest BCUT2D eigenvalue weighted by atomic mass is 9.90. The van der Waals surface area contributed by atoms with Gasteiger partial charge in [0, 0.05) is 23.0 Å². The molecule has 2 heterocycles. The van der Waals surface area contributed by atoms with Crippen LogP contribution in [0.4, 0.5) is 0 Å². The molecule has 0 saturated carbocycles. The maximum atomic E-state index is 12.2. The number of benzene rings is 2. The summed E-state index contributed by atoms with van der Waals surface area (Å²) in [6, 6.07) is 15.6. The van der Waals surface area contributed by atoms with E-state index in [0.29, 0.717) is 6.42 Å². The molecule has 128 valence electrons. The summed E-state index contributed by atoms with van der Waals surface area (Å²) in [4.78, 5) is 15.7. The Labute approximate surface area is 146 Å². The van der Waals surface area contributed by atoms with Crippen LogP contribution in [0.15, 0.2) is 48.5 Å². The first-order chi connectivity index (χ1) is 12.2. The number of aromatic amines is 1. The van der Waals surface area contributed by atoms with Crippen LogP contribution >= 0.6 is 0 Å². The summed E-state index contributed by atoms with van der Waals surface area (Å²) in [6.07, 6.45) is 0.604. The second-order valence-corrected chi connectivity index (χ2v) is 6.22. The number of ether oxygens (including phenoxy) is 2. The number of para-hydroxylation sites is 1. The number of carbonyl (C=O) groups is 1. The fourth-order valence-electron chi connectivity index (χ4n) is 3.61. The lowest BCUT2D eigenvalue weighted by Crippen LogP contribution is -2.45. The van der Waals surface area contributed by atoms with Crippen LogP contribution in [0, 0.1) is 0 Å². The van der Waals surface area contributed by atoms with E-state index in [9.17, 15) is 4.79 Å². The number of carbonyl (C=O) groups excluding carboxylic acids is 1. The molecule has 0 amide bonds. The van der Waals surface area contributed by atoms with E-state index < -0.39 is 0 Å². The Balaban J connectivity index is 1.87. The van der Waals surface area contributed by atoms with Gasteiger partial charge in [0.15, 0.2) is 0 Å². The van der Waals surface area contributed by atoms with Gasteiger partial charge < -0.3 is 14.5 Å². The average molecular weight is 336 g/mol. The minimum atomic E-state index is -0.382. The van der Waals surface area contributed by atoms with Crippen molar-refractivity contribution in [3.05, 3.63) is 65.4 Å². The number of aromatic nitrogens is 1. The summed E-state index contributed by atoms with van der Waals surface area (Å²) in [5.74, 6) is 0.543. The minimum absolute atomic E-state index is 0.129. The molecule has 4 rings (SSSR count). The summed E-state index contributed by atoms with van der Waals surface area (Å²) in [6.45, 7) is 0. The highest BCUT2D eigenvalue weighted by atomic mass is 16.5. The van der Waals surface area contributed by atoms with Crippen molar-refractivity contribution in [2.45, 2.75) is 18.5 Å². The Hall–Kier alpha value is -2.79. The van der Waals surface area contributed by atoms with E-state index in [1.165, 1.54) is 7.11 Å². The molecule has 0 saturated heterocycles. The molecule has 2 aromatic carbocycles. The largest absolute Gasteiger partial charge is 0.497 e. The van der Waals surface area contributed by atoms with Crippen LogP contribution in [0.1, 0.15) is 22.9 Å². The first kappa shape index (κ1) is 15.7. The fraction of sp³-hybridized carbons (Fsp3) is 0.250. The maximum Gasteiger partial charge on any atom is 0.323 e. The molecule has 2 unspecified atom stereocenters. The monoisotopic (exact) mass is 336 g/mol. The van der Waals surface area contributed by atoms with E-state index >= 15 is 0 Å². The van der Waals surface area contributed by atoms with Crippen molar-refractivity contribution in [1.82, 2.24) is 10.3 Å². The Morgan fingerprint density at radius 2 is 1.96 bits per heavy atom. The summed E-state index contributed by atoms with van der Waals surface area (Å²) in [5.41, 5.74) is 4.38. The van der Waals surface area contributed by atoms with Crippen LogP contribution < -0.4 is 10.1 Å². The third kappa shape index (κ3) is 2.66.